The van der Waals surface area contributed by atoms with Gasteiger partial charge in [0.25, 0.3) is 0 Å². The molecule has 0 aliphatic carbocycles. The lowest BCUT2D eigenvalue weighted by molar-refractivity contribution is -0.111. The fraction of sp³-hybridized carbons (Fsp3) is 0.238. The third-order valence-electron chi connectivity index (χ3n) is 4.51. The molecule has 0 aromatic heterocycles. The molecule has 2 rings (SSSR count). The van der Waals surface area contributed by atoms with Crippen molar-refractivity contribution in [1.82, 2.24) is 4.72 Å². The van der Waals surface area contributed by atoms with E-state index in [2.05, 4.69) is 10.0 Å². The molecule has 0 unspecified atom stereocenters. The van der Waals surface area contributed by atoms with Gasteiger partial charge in [0, 0.05) is 11.8 Å². The smallest absolute Gasteiger partial charge is 0.338 e. The van der Waals surface area contributed by atoms with Crippen LogP contribution in [0.15, 0.2) is 41.3 Å². The third-order valence-corrected chi connectivity index (χ3v) is 5.95. The molecule has 0 aliphatic heterocycles. The molecule has 2 N–H and O–H groups in total. The topological polar surface area (TPSA) is 111 Å². The van der Waals surface area contributed by atoms with Gasteiger partial charge in [0.1, 0.15) is 10.6 Å². The van der Waals surface area contributed by atoms with Gasteiger partial charge in [0.05, 0.1) is 19.8 Å². The van der Waals surface area contributed by atoms with E-state index in [-0.39, 0.29) is 10.6 Å². The Hall–Kier alpha value is -3.17. The van der Waals surface area contributed by atoms with Gasteiger partial charge in [-0.15, -0.1) is 0 Å². The monoisotopic (exact) mass is 432 g/mol. The Labute approximate surface area is 175 Å². The Morgan fingerprint density at radius 2 is 1.77 bits per heavy atom. The third kappa shape index (κ3) is 5.25. The Balaban J connectivity index is 2.26. The number of carbonyl (C=O) groups excluding carboxylic acids is 2. The Bertz CT molecular complexity index is 1110. The zero-order chi connectivity index (χ0) is 22.5. The van der Waals surface area contributed by atoms with E-state index in [4.69, 9.17) is 9.47 Å². The van der Waals surface area contributed by atoms with Crippen LogP contribution in [-0.4, -0.2) is 41.6 Å². The summed E-state index contributed by atoms with van der Waals surface area (Å²) in [7, 11) is 0.243. The molecule has 0 spiro atoms. The summed E-state index contributed by atoms with van der Waals surface area (Å²) < 4.78 is 36.4. The van der Waals surface area contributed by atoms with E-state index in [1.165, 1.54) is 45.6 Å². The number of methoxy groups -OCH3 is 2. The first kappa shape index (κ1) is 23.1. The van der Waals surface area contributed by atoms with Crippen LogP contribution >= 0.6 is 0 Å². The normalized spacial score (nSPS) is 11.4. The van der Waals surface area contributed by atoms with Crippen LogP contribution in [-0.2, 0) is 19.6 Å². The summed E-state index contributed by atoms with van der Waals surface area (Å²) in [6.45, 7) is 3.63. The zero-order valence-corrected chi connectivity index (χ0v) is 18.2. The number of rotatable bonds is 7. The maximum atomic E-state index is 12.3. The predicted octanol–water partition coefficient (Wildman–Crippen LogP) is 2.66. The van der Waals surface area contributed by atoms with Crippen molar-refractivity contribution in [3.63, 3.8) is 0 Å². The number of benzene rings is 2. The summed E-state index contributed by atoms with van der Waals surface area (Å²) >= 11 is 0. The molecule has 8 nitrogen and oxygen atoms in total. The molecule has 0 aliphatic rings. The number of ether oxygens (including phenoxy) is 2. The van der Waals surface area contributed by atoms with Gasteiger partial charge in [-0.25, -0.2) is 17.9 Å². The highest BCUT2D eigenvalue weighted by Gasteiger charge is 2.18. The quantitative estimate of drug-likeness (QED) is 0.514. The summed E-state index contributed by atoms with van der Waals surface area (Å²) in [6.07, 6.45) is 2.75. The SMILES string of the molecule is CNS(=O)(=O)c1cc(/C=C/C(=O)Nc2cc(C)c(C)c(C(=O)OC)c2)ccc1OC. The number of carbonyl (C=O) groups is 2. The van der Waals surface area contributed by atoms with Crippen molar-refractivity contribution in [2.45, 2.75) is 18.7 Å². The molecule has 9 heteroatoms. The summed E-state index contributed by atoms with van der Waals surface area (Å²) in [5.41, 5.74) is 2.91. The van der Waals surface area contributed by atoms with Crippen LogP contribution in [0.25, 0.3) is 6.08 Å². The number of hydrogen-bond donors (Lipinski definition) is 2. The van der Waals surface area contributed by atoms with Gasteiger partial charge in [-0.2, -0.15) is 0 Å². The van der Waals surface area contributed by atoms with Crippen LogP contribution in [0.1, 0.15) is 27.0 Å². The summed E-state index contributed by atoms with van der Waals surface area (Å²) in [6, 6.07) is 7.83. The molecule has 0 heterocycles. The molecule has 0 saturated heterocycles. The average Bonchev–Trinajstić information content (AvgIpc) is 2.73. The fourth-order valence-electron chi connectivity index (χ4n) is 2.73. The molecule has 0 fully saturated rings. The van der Waals surface area contributed by atoms with Crippen LogP contribution in [0.5, 0.6) is 5.75 Å². The van der Waals surface area contributed by atoms with Crippen LogP contribution < -0.4 is 14.8 Å². The lowest BCUT2D eigenvalue weighted by Crippen LogP contribution is -2.19. The molecule has 2 aromatic carbocycles. The molecular weight excluding hydrogens is 408 g/mol. The van der Waals surface area contributed by atoms with Crippen LogP contribution in [0.2, 0.25) is 0 Å². The predicted molar refractivity (Wildman–Crippen MR) is 114 cm³/mol. The fourth-order valence-corrected chi connectivity index (χ4v) is 3.65. The van der Waals surface area contributed by atoms with E-state index in [0.29, 0.717) is 16.8 Å². The Morgan fingerprint density at radius 1 is 1.07 bits per heavy atom. The average molecular weight is 432 g/mol. The number of aryl methyl sites for hydroxylation is 1. The van der Waals surface area contributed by atoms with Crippen LogP contribution in [0.3, 0.4) is 0 Å². The molecule has 2 aromatic rings. The lowest BCUT2D eigenvalue weighted by atomic mass is 10.0. The number of esters is 1. The van der Waals surface area contributed by atoms with Crippen molar-refractivity contribution >= 4 is 33.7 Å². The van der Waals surface area contributed by atoms with Crippen LogP contribution in [0, 0.1) is 13.8 Å². The van der Waals surface area contributed by atoms with E-state index in [0.717, 1.165) is 11.1 Å². The van der Waals surface area contributed by atoms with Gasteiger partial charge in [0.15, 0.2) is 0 Å². The number of anilines is 1. The van der Waals surface area contributed by atoms with Gasteiger partial charge in [-0.3, -0.25) is 4.79 Å². The van der Waals surface area contributed by atoms with Gasteiger partial charge >= 0.3 is 5.97 Å². The van der Waals surface area contributed by atoms with Crippen molar-refractivity contribution in [1.29, 1.82) is 0 Å². The minimum atomic E-state index is -3.73. The van der Waals surface area contributed by atoms with E-state index in [1.54, 1.807) is 25.1 Å². The van der Waals surface area contributed by atoms with E-state index < -0.39 is 21.9 Å². The number of nitrogens with one attached hydrogen (secondary N) is 2. The molecule has 0 atom stereocenters. The van der Waals surface area contributed by atoms with Crippen molar-refractivity contribution in [2.75, 3.05) is 26.6 Å². The van der Waals surface area contributed by atoms with E-state index in [1.807, 2.05) is 6.92 Å². The highest BCUT2D eigenvalue weighted by Crippen LogP contribution is 2.25. The van der Waals surface area contributed by atoms with Gasteiger partial charge < -0.3 is 14.8 Å². The second-order valence-electron chi connectivity index (χ2n) is 6.40. The maximum absolute atomic E-state index is 12.3. The molecule has 0 bridgehead atoms. The van der Waals surface area contributed by atoms with Gasteiger partial charge in [-0.1, -0.05) is 6.07 Å². The first-order valence-electron chi connectivity index (χ1n) is 8.93. The van der Waals surface area contributed by atoms with E-state index in [9.17, 15) is 18.0 Å². The second kappa shape index (κ2) is 9.55. The van der Waals surface area contributed by atoms with Crippen molar-refractivity contribution in [3.05, 3.63) is 58.7 Å². The number of hydrogen-bond acceptors (Lipinski definition) is 6. The minimum absolute atomic E-state index is 0.0352. The molecule has 1 amide bonds. The Kier molecular flexibility index (Phi) is 7.36. The molecule has 0 saturated carbocycles. The van der Waals surface area contributed by atoms with Crippen molar-refractivity contribution < 1.29 is 27.5 Å². The van der Waals surface area contributed by atoms with E-state index >= 15 is 0 Å². The minimum Gasteiger partial charge on any atom is -0.495 e. The molecule has 160 valence electrons. The second-order valence-corrected chi connectivity index (χ2v) is 8.25. The first-order chi connectivity index (χ1) is 14.1. The summed E-state index contributed by atoms with van der Waals surface area (Å²) in [4.78, 5) is 24.2. The lowest BCUT2D eigenvalue weighted by Gasteiger charge is -2.11. The molecule has 0 radical (unpaired) electrons. The summed E-state index contributed by atoms with van der Waals surface area (Å²) in [5.74, 6) is -0.738. The van der Waals surface area contributed by atoms with Crippen molar-refractivity contribution in [3.8, 4) is 5.75 Å². The van der Waals surface area contributed by atoms with Gasteiger partial charge in [-0.05, 0) is 67.9 Å². The standard InChI is InChI=1S/C21H24N2O6S/c1-13-10-16(12-17(14(13)2)21(25)29-5)23-20(24)9-7-15-6-8-18(28-4)19(11-15)30(26,27)22-3/h6-12,22H,1-5H3,(H,23,24)/b9-7+. The number of amides is 1. The van der Waals surface area contributed by atoms with Crippen LogP contribution in [0.4, 0.5) is 5.69 Å². The van der Waals surface area contributed by atoms with Crippen molar-refractivity contribution in [2.24, 2.45) is 0 Å². The largest absolute Gasteiger partial charge is 0.495 e. The molecule has 30 heavy (non-hydrogen) atoms. The Morgan fingerprint density at radius 3 is 2.37 bits per heavy atom. The van der Waals surface area contributed by atoms with Gasteiger partial charge in [0.2, 0.25) is 15.9 Å². The highest BCUT2D eigenvalue weighted by molar-refractivity contribution is 7.89. The highest BCUT2D eigenvalue weighted by atomic mass is 32.2. The zero-order valence-electron chi connectivity index (χ0n) is 17.4. The molecular formula is C21H24N2O6S. The number of sulfonamides is 1. The summed E-state index contributed by atoms with van der Waals surface area (Å²) in [5, 5.41) is 2.69. The maximum Gasteiger partial charge on any atom is 0.338 e. The first-order valence-corrected chi connectivity index (χ1v) is 10.4.